The van der Waals surface area contributed by atoms with Crippen molar-refractivity contribution in [3.8, 4) is 0 Å². The minimum absolute atomic E-state index is 0.0719. The van der Waals surface area contributed by atoms with E-state index in [4.69, 9.17) is 10.8 Å². The van der Waals surface area contributed by atoms with E-state index >= 15 is 0 Å². The van der Waals surface area contributed by atoms with Crippen LogP contribution in [0.4, 0.5) is 15.8 Å². The Bertz CT molecular complexity index is 729. The predicted octanol–water partition coefficient (Wildman–Crippen LogP) is 2.67. The van der Waals surface area contributed by atoms with Crippen LogP contribution in [0.25, 0.3) is 0 Å². The number of carbonyl (C=O) groups excluding carboxylic acids is 1. The second-order valence-corrected chi connectivity index (χ2v) is 4.52. The van der Waals surface area contributed by atoms with E-state index in [1.165, 1.54) is 36.4 Å². The molecule has 21 heavy (non-hydrogen) atoms. The molecule has 2 aromatic carbocycles. The smallest absolute Gasteiger partial charge is 0.337 e. The van der Waals surface area contributed by atoms with Crippen molar-refractivity contribution in [3.05, 3.63) is 58.9 Å². The number of aromatic carboxylic acids is 1. The molecule has 0 saturated carbocycles. The minimum atomic E-state index is -1.18. The molecule has 6 heteroatoms. The van der Waals surface area contributed by atoms with Crippen LogP contribution in [-0.4, -0.2) is 17.0 Å². The fraction of sp³-hybridized carbons (Fsp3) is 0.0667. The summed E-state index contributed by atoms with van der Waals surface area (Å²) >= 11 is 0. The molecule has 0 atom stereocenters. The van der Waals surface area contributed by atoms with Crippen molar-refractivity contribution >= 4 is 23.3 Å². The van der Waals surface area contributed by atoms with Crippen molar-refractivity contribution in [2.45, 2.75) is 6.92 Å². The first-order valence-electron chi connectivity index (χ1n) is 6.09. The number of carbonyl (C=O) groups is 2. The molecule has 4 N–H and O–H groups in total. The number of amides is 1. The van der Waals surface area contributed by atoms with Crippen LogP contribution in [0.15, 0.2) is 36.4 Å². The Morgan fingerprint density at radius 1 is 1.14 bits per heavy atom. The van der Waals surface area contributed by atoms with E-state index in [2.05, 4.69) is 5.32 Å². The molecule has 0 saturated heterocycles. The third-order valence-electron chi connectivity index (χ3n) is 2.96. The number of hydrogen-bond donors (Lipinski definition) is 3. The van der Waals surface area contributed by atoms with Gasteiger partial charge in [0.15, 0.2) is 0 Å². The summed E-state index contributed by atoms with van der Waals surface area (Å²) in [5, 5.41) is 11.6. The Balaban J connectivity index is 2.35. The van der Waals surface area contributed by atoms with E-state index in [9.17, 15) is 14.0 Å². The number of nitrogen functional groups attached to an aromatic ring is 1. The van der Waals surface area contributed by atoms with Crippen molar-refractivity contribution in [2.75, 3.05) is 11.1 Å². The van der Waals surface area contributed by atoms with Gasteiger partial charge in [-0.2, -0.15) is 0 Å². The highest BCUT2D eigenvalue weighted by atomic mass is 19.1. The summed E-state index contributed by atoms with van der Waals surface area (Å²) in [5.74, 6) is -2.15. The number of nitrogens with one attached hydrogen (secondary N) is 1. The third-order valence-corrected chi connectivity index (χ3v) is 2.96. The molecular formula is C15H13FN2O3. The summed E-state index contributed by atoms with van der Waals surface area (Å²) in [4.78, 5) is 23.3. The van der Waals surface area contributed by atoms with Gasteiger partial charge in [-0.1, -0.05) is 0 Å². The molecule has 2 rings (SSSR count). The van der Waals surface area contributed by atoms with Crippen molar-refractivity contribution in [2.24, 2.45) is 0 Å². The highest BCUT2D eigenvalue weighted by Gasteiger charge is 2.15. The zero-order valence-corrected chi connectivity index (χ0v) is 11.2. The maximum absolute atomic E-state index is 13.0. The first kappa shape index (κ1) is 14.5. The van der Waals surface area contributed by atoms with E-state index < -0.39 is 17.7 Å². The zero-order valence-electron chi connectivity index (χ0n) is 11.2. The molecule has 0 aliphatic heterocycles. The van der Waals surface area contributed by atoms with Crippen LogP contribution in [-0.2, 0) is 0 Å². The number of carboxylic acids is 1. The average Bonchev–Trinajstić information content (AvgIpc) is 2.37. The lowest BCUT2D eigenvalue weighted by molar-refractivity contribution is 0.0698. The summed E-state index contributed by atoms with van der Waals surface area (Å²) in [6, 6.07) is 7.84. The number of aryl methyl sites for hydroxylation is 1. The van der Waals surface area contributed by atoms with Gasteiger partial charge in [0, 0.05) is 11.3 Å². The number of hydrogen-bond acceptors (Lipinski definition) is 3. The van der Waals surface area contributed by atoms with Gasteiger partial charge in [0.25, 0.3) is 5.91 Å². The van der Waals surface area contributed by atoms with Crippen LogP contribution in [0.5, 0.6) is 0 Å². The minimum Gasteiger partial charge on any atom is -0.478 e. The van der Waals surface area contributed by atoms with Gasteiger partial charge in [0.2, 0.25) is 0 Å². The Morgan fingerprint density at radius 3 is 2.43 bits per heavy atom. The summed E-state index contributed by atoms with van der Waals surface area (Å²) in [6.45, 7) is 1.59. The van der Waals surface area contributed by atoms with E-state index in [1.54, 1.807) is 6.92 Å². The summed E-state index contributed by atoms with van der Waals surface area (Å²) < 4.78 is 13.0. The lowest BCUT2D eigenvalue weighted by atomic mass is 10.1. The first-order chi connectivity index (χ1) is 9.88. The molecule has 5 nitrogen and oxygen atoms in total. The van der Waals surface area contributed by atoms with E-state index in [0.29, 0.717) is 11.3 Å². The van der Waals surface area contributed by atoms with Crippen molar-refractivity contribution < 1.29 is 19.1 Å². The summed E-state index contributed by atoms with van der Waals surface area (Å²) in [5.41, 5.74) is 6.66. The summed E-state index contributed by atoms with van der Waals surface area (Å²) in [6.07, 6.45) is 0. The van der Waals surface area contributed by atoms with Crippen LogP contribution >= 0.6 is 0 Å². The van der Waals surface area contributed by atoms with Crippen molar-refractivity contribution in [1.29, 1.82) is 0 Å². The van der Waals surface area contributed by atoms with Gasteiger partial charge < -0.3 is 16.2 Å². The molecule has 0 aliphatic carbocycles. The largest absolute Gasteiger partial charge is 0.478 e. The average molecular weight is 288 g/mol. The molecule has 0 fully saturated rings. The molecule has 0 unspecified atom stereocenters. The van der Waals surface area contributed by atoms with Crippen molar-refractivity contribution in [3.63, 3.8) is 0 Å². The molecule has 0 radical (unpaired) electrons. The van der Waals surface area contributed by atoms with Crippen LogP contribution < -0.4 is 11.1 Å². The maximum Gasteiger partial charge on any atom is 0.337 e. The van der Waals surface area contributed by atoms with E-state index in [0.717, 1.165) is 0 Å². The second kappa shape index (κ2) is 5.62. The van der Waals surface area contributed by atoms with Crippen LogP contribution in [0.3, 0.4) is 0 Å². The molecule has 1 amide bonds. The van der Waals surface area contributed by atoms with Gasteiger partial charge in [-0.15, -0.1) is 0 Å². The Morgan fingerprint density at radius 2 is 1.81 bits per heavy atom. The van der Waals surface area contributed by atoms with Gasteiger partial charge in [0.05, 0.1) is 11.3 Å². The molecule has 0 bridgehead atoms. The third kappa shape index (κ3) is 3.17. The maximum atomic E-state index is 13.0. The number of nitrogens with two attached hydrogens (primary N) is 1. The number of halogens is 1. The highest BCUT2D eigenvalue weighted by Crippen LogP contribution is 2.21. The van der Waals surface area contributed by atoms with Gasteiger partial charge in [0.1, 0.15) is 5.82 Å². The summed E-state index contributed by atoms with van der Waals surface area (Å²) in [7, 11) is 0. The van der Waals surface area contributed by atoms with E-state index in [1.807, 2.05) is 0 Å². The topological polar surface area (TPSA) is 92.4 Å². The van der Waals surface area contributed by atoms with Crippen LogP contribution in [0.2, 0.25) is 0 Å². The molecule has 0 aromatic heterocycles. The first-order valence-corrected chi connectivity index (χ1v) is 6.09. The van der Waals surface area contributed by atoms with Gasteiger partial charge in [-0.3, -0.25) is 4.79 Å². The highest BCUT2D eigenvalue weighted by molar-refractivity contribution is 6.08. The molecular weight excluding hydrogens is 275 g/mol. The fourth-order valence-electron chi connectivity index (χ4n) is 1.92. The molecule has 108 valence electrons. The monoisotopic (exact) mass is 288 g/mol. The normalized spacial score (nSPS) is 10.2. The Labute approximate surface area is 120 Å². The molecule has 0 aliphatic rings. The lowest BCUT2D eigenvalue weighted by Crippen LogP contribution is -2.16. The van der Waals surface area contributed by atoms with Gasteiger partial charge in [-0.25, -0.2) is 9.18 Å². The van der Waals surface area contributed by atoms with Crippen LogP contribution in [0, 0.1) is 12.7 Å². The fourth-order valence-corrected chi connectivity index (χ4v) is 1.92. The lowest BCUT2D eigenvalue weighted by Gasteiger charge is -2.11. The SMILES string of the molecule is Cc1cc(F)ccc1C(=O)Nc1cc(N)ccc1C(=O)O. The van der Waals surface area contributed by atoms with Gasteiger partial charge >= 0.3 is 5.97 Å². The van der Waals surface area contributed by atoms with E-state index in [-0.39, 0.29) is 16.8 Å². The number of carboxylic acid groups (broad SMARTS) is 1. The standard InChI is InChI=1S/C15H13FN2O3/c1-8-6-9(16)2-4-11(8)14(19)18-13-7-10(17)3-5-12(13)15(20)21/h2-7H,17H2,1H3,(H,18,19)(H,20,21). The molecule has 2 aromatic rings. The van der Waals surface area contributed by atoms with Crippen LogP contribution in [0.1, 0.15) is 26.3 Å². The predicted molar refractivity (Wildman–Crippen MR) is 76.9 cm³/mol. The number of anilines is 2. The molecule has 0 heterocycles. The van der Waals surface area contributed by atoms with Crippen molar-refractivity contribution in [1.82, 2.24) is 0 Å². The number of benzene rings is 2. The quantitative estimate of drug-likeness (QED) is 0.757. The van der Waals surface area contributed by atoms with Gasteiger partial charge in [-0.05, 0) is 48.9 Å². The zero-order chi connectivity index (χ0) is 15.6. The second-order valence-electron chi connectivity index (χ2n) is 4.52. The number of rotatable bonds is 3. The molecule has 0 spiro atoms. The Kier molecular flexibility index (Phi) is 3.89. The Hall–Kier alpha value is -2.89.